The summed E-state index contributed by atoms with van der Waals surface area (Å²) in [5.41, 5.74) is 7.40. The Morgan fingerprint density at radius 3 is 2.16 bits per heavy atom. The number of carbonyl (C=O) groups excluding carboxylic acids is 2. The van der Waals surface area contributed by atoms with Gasteiger partial charge in [0.05, 0.1) is 0 Å². The first-order valence-electron chi connectivity index (χ1n) is 7.20. The van der Waals surface area contributed by atoms with E-state index in [1.807, 2.05) is 12.1 Å². The molecule has 1 aromatic heterocycles. The molecule has 0 radical (unpaired) electrons. The number of benzene rings is 2. The summed E-state index contributed by atoms with van der Waals surface area (Å²) in [6, 6.07) is 13.2. The van der Waals surface area contributed by atoms with Crippen LogP contribution in [0.4, 0.5) is 16.2 Å². The molecular weight excluding hydrogens is 360 g/mol. The summed E-state index contributed by atoms with van der Waals surface area (Å²) in [7, 11) is 0. The second kappa shape index (κ2) is 7.33. The number of primary amides is 1. The third-order valence-corrected chi connectivity index (χ3v) is 4.38. The first kappa shape index (κ1) is 16.9. The molecule has 3 rings (SSSR count). The van der Waals surface area contributed by atoms with Gasteiger partial charge in [0.25, 0.3) is 5.91 Å². The molecule has 3 aromatic rings. The molecule has 0 aliphatic rings. The topological polar surface area (TPSA) is 97.1 Å². The number of nitrogens with two attached hydrogens (primary N) is 1. The van der Waals surface area contributed by atoms with Crippen LogP contribution in [0.15, 0.2) is 53.9 Å². The second-order valence-corrected chi connectivity index (χ2v) is 6.36. The number of aromatic nitrogens is 1. The molecule has 0 spiro atoms. The number of nitrogens with one attached hydrogen (secondary N) is 2. The molecule has 2 aromatic carbocycles. The predicted octanol–water partition coefficient (Wildman–Crippen LogP) is 4.21. The van der Waals surface area contributed by atoms with Crippen LogP contribution in [0, 0.1) is 0 Å². The summed E-state index contributed by atoms with van der Waals surface area (Å²) in [6.45, 7) is 0. The minimum atomic E-state index is -0.644. The highest BCUT2D eigenvalue weighted by molar-refractivity contribution is 7.13. The lowest BCUT2D eigenvalue weighted by molar-refractivity contribution is 0.102. The van der Waals surface area contributed by atoms with Gasteiger partial charge in [0.1, 0.15) is 10.7 Å². The SMILES string of the molecule is NC(=O)Nc1ccc(NC(=O)c2csc(-c3ccc(Cl)cc3)n2)cc1. The molecule has 25 heavy (non-hydrogen) atoms. The van der Waals surface area contributed by atoms with Gasteiger partial charge < -0.3 is 16.4 Å². The molecule has 0 aliphatic heterocycles. The Bertz CT molecular complexity index is 907. The van der Waals surface area contributed by atoms with Gasteiger partial charge in [0.15, 0.2) is 0 Å². The van der Waals surface area contributed by atoms with E-state index in [1.165, 1.54) is 11.3 Å². The lowest BCUT2D eigenvalue weighted by atomic mass is 10.2. The number of carbonyl (C=O) groups is 2. The average Bonchev–Trinajstić information content (AvgIpc) is 3.07. The van der Waals surface area contributed by atoms with Crippen molar-refractivity contribution in [3.8, 4) is 10.6 Å². The number of amides is 3. The number of hydrogen-bond acceptors (Lipinski definition) is 4. The van der Waals surface area contributed by atoms with Crippen molar-refractivity contribution in [1.82, 2.24) is 4.98 Å². The Morgan fingerprint density at radius 1 is 0.960 bits per heavy atom. The molecule has 0 saturated carbocycles. The highest BCUT2D eigenvalue weighted by Gasteiger charge is 2.12. The summed E-state index contributed by atoms with van der Waals surface area (Å²) < 4.78 is 0. The Labute approximate surface area is 152 Å². The second-order valence-electron chi connectivity index (χ2n) is 5.07. The fourth-order valence-corrected chi connectivity index (χ4v) is 3.01. The zero-order valence-electron chi connectivity index (χ0n) is 12.8. The molecule has 0 aliphatic carbocycles. The Kier molecular flexibility index (Phi) is 4.97. The smallest absolute Gasteiger partial charge is 0.316 e. The van der Waals surface area contributed by atoms with Gasteiger partial charge in [-0.25, -0.2) is 9.78 Å². The van der Waals surface area contributed by atoms with Gasteiger partial charge in [-0.05, 0) is 36.4 Å². The van der Waals surface area contributed by atoms with Crippen molar-refractivity contribution in [3.63, 3.8) is 0 Å². The number of halogens is 1. The van der Waals surface area contributed by atoms with Crippen LogP contribution in [-0.4, -0.2) is 16.9 Å². The van der Waals surface area contributed by atoms with E-state index in [0.29, 0.717) is 22.1 Å². The molecule has 0 fully saturated rings. The Morgan fingerprint density at radius 2 is 1.56 bits per heavy atom. The van der Waals surface area contributed by atoms with Gasteiger partial charge >= 0.3 is 6.03 Å². The van der Waals surface area contributed by atoms with Crippen LogP contribution in [0.3, 0.4) is 0 Å². The largest absolute Gasteiger partial charge is 0.351 e. The van der Waals surface area contributed by atoms with E-state index in [-0.39, 0.29) is 5.91 Å². The summed E-state index contributed by atoms with van der Waals surface area (Å²) in [6.07, 6.45) is 0. The molecular formula is C17H13ClN4O2S. The monoisotopic (exact) mass is 372 g/mol. The number of anilines is 2. The van der Waals surface area contributed by atoms with E-state index in [0.717, 1.165) is 10.6 Å². The number of hydrogen-bond donors (Lipinski definition) is 3. The fraction of sp³-hybridized carbons (Fsp3) is 0. The summed E-state index contributed by atoms with van der Waals surface area (Å²) in [5, 5.41) is 8.28. The predicted molar refractivity (Wildman–Crippen MR) is 100 cm³/mol. The average molecular weight is 373 g/mol. The van der Waals surface area contributed by atoms with Crippen LogP contribution in [0.1, 0.15) is 10.5 Å². The molecule has 6 nitrogen and oxygen atoms in total. The zero-order valence-corrected chi connectivity index (χ0v) is 14.4. The van der Waals surface area contributed by atoms with E-state index in [1.54, 1.807) is 41.8 Å². The van der Waals surface area contributed by atoms with Gasteiger partial charge in [-0.15, -0.1) is 11.3 Å². The van der Waals surface area contributed by atoms with Crippen LogP contribution in [0.25, 0.3) is 10.6 Å². The fourth-order valence-electron chi connectivity index (χ4n) is 2.08. The standard InChI is InChI=1S/C17H13ClN4O2S/c18-11-3-1-10(2-4-11)16-22-14(9-25-16)15(23)20-12-5-7-13(8-6-12)21-17(19)24/h1-9H,(H,20,23)(H3,19,21,24). The maximum Gasteiger partial charge on any atom is 0.316 e. The van der Waals surface area contributed by atoms with Crippen LogP contribution in [0.2, 0.25) is 5.02 Å². The Balaban J connectivity index is 1.69. The summed E-state index contributed by atoms with van der Waals surface area (Å²) in [4.78, 5) is 27.4. The van der Waals surface area contributed by atoms with Gasteiger partial charge in [-0.3, -0.25) is 4.79 Å². The van der Waals surface area contributed by atoms with Crippen molar-refractivity contribution < 1.29 is 9.59 Å². The number of rotatable bonds is 4. The van der Waals surface area contributed by atoms with Crippen LogP contribution < -0.4 is 16.4 Å². The zero-order chi connectivity index (χ0) is 17.8. The first-order valence-corrected chi connectivity index (χ1v) is 8.46. The van der Waals surface area contributed by atoms with Crippen LogP contribution in [0.5, 0.6) is 0 Å². The van der Waals surface area contributed by atoms with Crippen LogP contribution >= 0.6 is 22.9 Å². The van der Waals surface area contributed by atoms with E-state index in [4.69, 9.17) is 17.3 Å². The lowest BCUT2D eigenvalue weighted by Gasteiger charge is -2.05. The van der Waals surface area contributed by atoms with Crippen molar-refractivity contribution in [1.29, 1.82) is 0 Å². The lowest BCUT2D eigenvalue weighted by Crippen LogP contribution is -2.19. The van der Waals surface area contributed by atoms with E-state index < -0.39 is 6.03 Å². The van der Waals surface area contributed by atoms with Crippen molar-refractivity contribution in [2.45, 2.75) is 0 Å². The molecule has 4 N–H and O–H groups in total. The summed E-state index contributed by atoms with van der Waals surface area (Å²) in [5.74, 6) is -0.313. The van der Waals surface area contributed by atoms with Gasteiger partial charge in [0, 0.05) is 27.3 Å². The number of thiazole rings is 1. The number of nitrogens with zero attached hydrogens (tertiary/aromatic N) is 1. The van der Waals surface area contributed by atoms with E-state index in [2.05, 4.69) is 15.6 Å². The van der Waals surface area contributed by atoms with Gasteiger partial charge in [0.2, 0.25) is 0 Å². The van der Waals surface area contributed by atoms with Gasteiger partial charge in [-0.1, -0.05) is 23.7 Å². The molecule has 0 atom stereocenters. The first-order chi connectivity index (χ1) is 12.0. The highest BCUT2D eigenvalue weighted by atomic mass is 35.5. The molecule has 0 saturated heterocycles. The molecule has 3 amide bonds. The molecule has 1 heterocycles. The maximum atomic E-state index is 12.3. The normalized spacial score (nSPS) is 10.3. The van der Waals surface area contributed by atoms with Crippen LogP contribution in [-0.2, 0) is 0 Å². The van der Waals surface area contributed by atoms with Gasteiger partial charge in [-0.2, -0.15) is 0 Å². The van der Waals surface area contributed by atoms with E-state index in [9.17, 15) is 9.59 Å². The van der Waals surface area contributed by atoms with Crippen molar-refractivity contribution >= 4 is 46.3 Å². The molecule has 8 heteroatoms. The van der Waals surface area contributed by atoms with Crippen molar-refractivity contribution in [2.24, 2.45) is 5.73 Å². The maximum absolute atomic E-state index is 12.3. The number of urea groups is 1. The third-order valence-electron chi connectivity index (χ3n) is 3.24. The third kappa shape index (κ3) is 4.34. The highest BCUT2D eigenvalue weighted by Crippen LogP contribution is 2.25. The van der Waals surface area contributed by atoms with Crippen molar-refractivity contribution in [2.75, 3.05) is 10.6 Å². The minimum absolute atomic E-state index is 0.313. The quantitative estimate of drug-likeness (QED) is 0.640. The molecule has 0 bridgehead atoms. The molecule has 0 unspecified atom stereocenters. The summed E-state index contributed by atoms with van der Waals surface area (Å²) >= 11 is 7.25. The van der Waals surface area contributed by atoms with E-state index >= 15 is 0 Å². The Hall–Kier alpha value is -2.90. The minimum Gasteiger partial charge on any atom is -0.351 e. The molecule has 126 valence electrons. The van der Waals surface area contributed by atoms with Crippen molar-refractivity contribution in [3.05, 3.63) is 64.6 Å².